The van der Waals surface area contributed by atoms with Gasteiger partial charge in [-0.3, -0.25) is 9.59 Å². The van der Waals surface area contributed by atoms with Crippen LogP contribution in [0, 0.1) is 0 Å². The van der Waals surface area contributed by atoms with Gasteiger partial charge in [0.2, 0.25) is 0 Å². The van der Waals surface area contributed by atoms with Gasteiger partial charge in [0, 0.05) is 18.8 Å². The van der Waals surface area contributed by atoms with Crippen LogP contribution in [0.3, 0.4) is 0 Å². The molecular weight excluding hydrogens is 200 g/mol. The van der Waals surface area contributed by atoms with Crippen LogP contribution in [0.5, 0.6) is 0 Å². The number of hydrogen-bond acceptors (Lipinski definition) is 5. The number of thiol groups is 1. The van der Waals surface area contributed by atoms with Crippen molar-refractivity contribution in [1.82, 2.24) is 0 Å². The molecule has 0 aliphatic rings. The molecule has 0 radical (unpaired) electrons. The van der Waals surface area contributed by atoms with Gasteiger partial charge < -0.3 is 10.6 Å². The predicted molar refractivity (Wildman–Crippen MR) is 62.4 cm³/mol. The Morgan fingerprint density at radius 3 is 2.29 bits per heavy atom. The molecule has 0 fully saturated rings. The summed E-state index contributed by atoms with van der Waals surface area (Å²) in [6.07, 6.45) is 1.62. The summed E-state index contributed by atoms with van der Waals surface area (Å²) in [5.41, 5.74) is -0.200. The highest BCUT2D eigenvalue weighted by molar-refractivity contribution is 7.80. The first-order chi connectivity index (χ1) is 6.72. The molecule has 0 aliphatic heterocycles. The molecular formula is C9H12N2O2S. The summed E-state index contributed by atoms with van der Waals surface area (Å²) in [6.45, 7) is 4.55. The molecule has 5 heteroatoms. The van der Waals surface area contributed by atoms with Crippen molar-refractivity contribution in [3.8, 4) is 0 Å². The van der Waals surface area contributed by atoms with Crippen LogP contribution in [-0.4, -0.2) is 18.8 Å². The molecule has 0 atom stereocenters. The van der Waals surface area contributed by atoms with Gasteiger partial charge in [0.25, 0.3) is 10.9 Å². The number of hydrogen-bond donors (Lipinski definition) is 3. The van der Waals surface area contributed by atoms with Crippen LogP contribution in [-0.2, 0) is 0 Å². The first kappa shape index (κ1) is 10.8. The minimum atomic E-state index is -0.464. The summed E-state index contributed by atoms with van der Waals surface area (Å²) in [5.74, 6) is 0.611. The minimum absolute atomic E-state index is 0.358. The number of nitrogens with one attached hydrogen (secondary N) is 2. The topological polar surface area (TPSA) is 58.2 Å². The smallest absolute Gasteiger partial charge is 0.253 e. The van der Waals surface area contributed by atoms with E-state index in [9.17, 15) is 9.59 Å². The number of rotatable bonds is 6. The van der Waals surface area contributed by atoms with Crippen molar-refractivity contribution in [2.24, 2.45) is 0 Å². The average Bonchev–Trinajstić information content (AvgIpc) is 2.21. The Morgan fingerprint density at radius 1 is 1.21 bits per heavy atom. The summed E-state index contributed by atoms with van der Waals surface area (Å²) >= 11 is 3.99. The second-order valence-electron chi connectivity index (χ2n) is 2.73. The second-order valence-corrected chi connectivity index (χ2v) is 3.18. The van der Waals surface area contributed by atoms with E-state index in [4.69, 9.17) is 0 Å². The molecule has 0 amide bonds. The zero-order chi connectivity index (χ0) is 10.6. The molecule has 0 spiro atoms. The highest BCUT2D eigenvalue weighted by Gasteiger charge is 2.19. The van der Waals surface area contributed by atoms with E-state index in [0.29, 0.717) is 30.2 Å². The van der Waals surface area contributed by atoms with Gasteiger partial charge in [0.05, 0.1) is 0 Å². The summed E-state index contributed by atoms with van der Waals surface area (Å²) in [7, 11) is 0. The van der Waals surface area contributed by atoms with Crippen LogP contribution in [0.4, 0.5) is 11.4 Å². The van der Waals surface area contributed by atoms with E-state index < -0.39 is 10.9 Å². The monoisotopic (exact) mass is 212 g/mol. The molecule has 0 aromatic heterocycles. The largest absolute Gasteiger partial charge is 0.379 e. The fraction of sp³-hybridized carbons (Fsp3) is 0.333. The zero-order valence-corrected chi connectivity index (χ0v) is 8.56. The highest BCUT2D eigenvalue weighted by atomic mass is 32.1. The zero-order valence-electron chi connectivity index (χ0n) is 7.67. The fourth-order valence-corrected chi connectivity index (χ4v) is 1.20. The molecule has 0 bridgehead atoms. The lowest BCUT2D eigenvalue weighted by Gasteiger charge is -2.12. The van der Waals surface area contributed by atoms with E-state index in [1.165, 1.54) is 0 Å². The summed E-state index contributed by atoms with van der Waals surface area (Å²) in [4.78, 5) is 22.2. The van der Waals surface area contributed by atoms with Crippen LogP contribution in [0.1, 0.15) is 0 Å². The summed E-state index contributed by atoms with van der Waals surface area (Å²) < 4.78 is 0. The van der Waals surface area contributed by atoms with Gasteiger partial charge in [-0.2, -0.15) is 12.6 Å². The van der Waals surface area contributed by atoms with E-state index in [1.807, 2.05) is 0 Å². The third-order valence-corrected chi connectivity index (χ3v) is 1.97. The Balaban J connectivity index is 2.72. The minimum Gasteiger partial charge on any atom is -0.379 e. The first-order valence-corrected chi connectivity index (χ1v) is 4.88. The second kappa shape index (κ2) is 4.85. The Hall–Kier alpha value is -1.23. The normalized spacial score (nSPS) is 10.1. The van der Waals surface area contributed by atoms with E-state index in [-0.39, 0.29) is 0 Å². The van der Waals surface area contributed by atoms with Crippen molar-refractivity contribution >= 4 is 24.0 Å². The van der Waals surface area contributed by atoms with Gasteiger partial charge >= 0.3 is 0 Å². The third kappa shape index (κ3) is 1.98. The SMILES string of the molecule is C=CCNc1c(NCCS)c(=O)c1=O. The van der Waals surface area contributed by atoms with Gasteiger partial charge in [0.15, 0.2) is 0 Å². The Kier molecular flexibility index (Phi) is 3.76. The molecule has 0 unspecified atom stereocenters. The lowest BCUT2D eigenvalue weighted by Crippen LogP contribution is -2.37. The van der Waals surface area contributed by atoms with Crippen molar-refractivity contribution in [3.05, 3.63) is 33.1 Å². The van der Waals surface area contributed by atoms with Crippen LogP contribution >= 0.6 is 12.6 Å². The molecule has 1 aromatic carbocycles. The van der Waals surface area contributed by atoms with Crippen molar-refractivity contribution in [1.29, 1.82) is 0 Å². The molecule has 14 heavy (non-hydrogen) atoms. The van der Waals surface area contributed by atoms with Crippen LogP contribution in [0.15, 0.2) is 22.2 Å². The van der Waals surface area contributed by atoms with Gasteiger partial charge in [0.1, 0.15) is 11.4 Å². The van der Waals surface area contributed by atoms with Crippen LogP contribution in [0.25, 0.3) is 0 Å². The maximum absolute atomic E-state index is 11.1. The lowest BCUT2D eigenvalue weighted by atomic mass is 10.2. The van der Waals surface area contributed by atoms with E-state index >= 15 is 0 Å². The molecule has 1 aromatic rings. The highest BCUT2D eigenvalue weighted by Crippen LogP contribution is 2.13. The van der Waals surface area contributed by atoms with Crippen molar-refractivity contribution in [2.45, 2.75) is 0 Å². The molecule has 0 heterocycles. The summed E-state index contributed by atoms with van der Waals surface area (Å²) in [6, 6.07) is 0. The molecule has 0 aliphatic carbocycles. The average molecular weight is 212 g/mol. The van der Waals surface area contributed by atoms with Gasteiger partial charge in [-0.1, -0.05) is 6.08 Å². The molecule has 2 N–H and O–H groups in total. The van der Waals surface area contributed by atoms with Gasteiger partial charge in [-0.15, -0.1) is 6.58 Å². The lowest BCUT2D eigenvalue weighted by molar-refractivity contribution is 1.18. The van der Waals surface area contributed by atoms with Crippen molar-refractivity contribution in [2.75, 3.05) is 29.5 Å². The van der Waals surface area contributed by atoms with E-state index in [0.717, 1.165) is 0 Å². The fourth-order valence-electron chi connectivity index (χ4n) is 1.08. The Morgan fingerprint density at radius 2 is 1.79 bits per heavy atom. The Labute approximate surface area is 87.1 Å². The standard InChI is InChI=1S/C9H12N2O2S/c1-2-3-10-6-7(11-4-5-14)9(13)8(6)12/h2,10-11,14H,1,3-5H2. The van der Waals surface area contributed by atoms with Crippen molar-refractivity contribution < 1.29 is 0 Å². The van der Waals surface area contributed by atoms with Gasteiger partial charge in [-0.05, 0) is 0 Å². The molecule has 76 valence electrons. The third-order valence-electron chi connectivity index (χ3n) is 1.75. The van der Waals surface area contributed by atoms with Crippen molar-refractivity contribution in [3.63, 3.8) is 0 Å². The van der Waals surface area contributed by atoms with Gasteiger partial charge in [-0.25, -0.2) is 0 Å². The van der Waals surface area contributed by atoms with E-state index in [1.54, 1.807) is 6.08 Å². The maximum Gasteiger partial charge on any atom is 0.253 e. The van der Waals surface area contributed by atoms with Crippen LogP contribution in [0.2, 0.25) is 0 Å². The quantitative estimate of drug-likeness (QED) is 0.359. The molecule has 1 rings (SSSR count). The van der Waals surface area contributed by atoms with Crippen LogP contribution < -0.4 is 21.5 Å². The molecule has 0 saturated carbocycles. The predicted octanol–water partition coefficient (Wildman–Crippen LogP) is 0.222. The molecule has 4 nitrogen and oxygen atoms in total. The summed E-state index contributed by atoms with van der Waals surface area (Å²) in [5, 5.41) is 5.66. The first-order valence-electron chi connectivity index (χ1n) is 4.25. The molecule has 0 saturated heterocycles. The van der Waals surface area contributed by atoms with E-state index in [2.05, 4.69) is 29.8 Å². The Bertz CT molecular complexity index is 393. The maximum atomic E-state index is 11.1. The number of anilines is 2.